The van der Waals surface area contributed by atoms with Gasteiger partial charge in [-0.2, -0.15) is 0 Å². The number of carbonyl (C=O) groups excluding carboxylic acids is 2. The molecule has 6 nitrogen and oxygen atoms in total. The summed E-state index contributed by atoms with van der Waals surface area (Å²) < 4.78 is 18.7. The number of halogens is 1. The Morgan fingerprint density at radius 1 is 1.23 bits per heavy atom. The molecule has 0 unspecified atom stereocenters. The Kier molecular flexibility index (Phi) is 6.87. The topological polar surface area (TPSA) is 61.9 Å². The van der Waals surface area contributed by atoms with E-state index in [-0.39, 0.29) is 23.0 Å². The number of benzene rings is 1. The highest BCUT2D eigenvalue weighted by molar-refractivity contribution is 8.13. The molecule has 1 N–H and O–H groups in total. The van der Waals surface area contributed by atoms with Gasteiger partial charge in [-0.25, -0.2) is 4.39 Å². The van der Waals surface area contributed by atoms with E-state index in [1.165, 1.54) is 23.9 Å². The van der Waals surface area contributed by atoms with Crippen molar-refractivity contribution in [2.75, 3.05) is 51.7 Å². The van der Waals surface area contributed by atoms with Crippen molar-refractivity contribution in [3.8, 4) is 0 Å². The molecule has 1 aromatic carbocycles. The summed E-state index contributed by atoms with van der Waals surface area (Å²) in [5, 5.41) is 3.02. The minimum absolute atomic E-state index is 0.0209. The van der Waals surface area contributed by atoms with Gasteiger partial charge in [-0.15, -0.1) is 0 Å². The second-order valence-corrected chi connectivity index (χ2v) is 7.42. The van der Waals surface area contributed by atoms with Gasteiger partial charge in [-0.05, 0) is 17.7 Å². The van der Waals surface area contributed by atoms with E-state index in [2.05, 4.69) is 10.2 Å². The molecule has 0 aliphatic carbocycles. The Morgan fingerprint density at radius 2 is 1.96 bits per heavy atom. The van der Waals surface area contributed by atoms with Gasteiger partial charge in [-0.3, -0.25) is 14.5 Å². The number of amides is 2. The Hall–Kier alpha value is -1.64. The zero-order chi connectivity index (χ0) is 18.4. The predicted molar refractivity (Wildman–Crippen MR) is 98.6 cm³/mol. The Bertz CT molecular complexity index is 623. The van der Waals surface area contributed by atoms with Gasteiger partial charge in [0, 0.05) is 44.9 Å². The van der Waals surface area contributed by atoms with E-state index >= 15 is 0 Å². The molecule has 2 amide bonds. The highest BCUT2D eigenvalue weighted by Gasteiger charge is 2.24. The average Bonchev–Trinajstić information content (AvgIpc) is 3.07. The molecule has 0 bridgehead atoms. The van der Waals surface area contributed by atoms with Crippen molar-refractivity contribution in [1.29, 1.82) is 0 Å². The lowest BCUT2D eigenvalue weighted by molar-refractivity contribution is -0.121. The van der Waals surface area contributed by atoms with Crippen LogP contribution in [0.1, 0.15) is 18.0 Å². The van der Waals surface area contributed by atoms with Crippen LogP contribution in [0, 0.1) is 5.82 Å². The van der Waals surface area contributed by atoms with E-state index in [4.69, 9.17) is 4.74 Å². The first-order valence-corrected chi connectivity index (χ1v) is 9.88. The standard InChI is InChI=1S/C18H24FN3O3S/c19-15-3-1-14(2-4-15)16(21-7-10-25-11-8-21)13-20-17(23)5-6-22-9-12-26-18(22)24/h1-4,16H,5-13H2,(H,20,23)/t16-/m1/s1. The third-order valence-electron chi connectivity index (χ3n) is 4.69. The number of nitrogens with one attached hydrogen (secondary N) is 1. The molecule has 3 rings (SSSR count). The number of morpholine rings is 1. The quantitative estimate of drug-likeness (QED) is 0.781. The fourth-order valence-electron chi connectivity index (χ4n) is 3.20. The number of hydrogen-bond acceptors (Lipinski definition) is 5. The monoisotopic (exact) mass is 381 g/mol. The smallest absolute Gasteiger partial charge is 0.281 e. The Morgan fingerprint density at radius 3 is 2.62 bits per heavy atom. The van der Waals surface area contributed by atoms with Gasteiger partial charge < -0.3 is 15.0 Å². The molecule has 2 saturated heterocycles. The van der Waals surface area contributed by atoms with Crippen LogP contribution < -0.4 is 5.32 Å². The van der Waals surface area contributed by atoms with Crippen LogP contribution in [-0.2, 0) is 9.53 Å². The predicted octanol–water partition coefficient (Wildman–Crippen LogP) is 1.87. The summed E-state index contributed by atoms with van der Waals surface area (Å²) in [7, 11) is 0. The summed E-state index contributed by atoms with van der Waals surface area (Å²) in [4.78, 5) is 27.8. The zero-order valence-corrected chi connectivity index (χ0v) is 15.5. The van der Waals surface area contributed by atoms with E-state index in [9.17, 15) is 14.0 Å². The van der Waals surface area contributed by atoms with Crippen LogP contribution in [-0.4, -0.2) is 72.6 Å². The zero-order valence-electron chi connectivity index (χ0n) is 14.7. The third-order valence-corrected chi connectivity index (χ3v) is 5.58. The summed E-state index contributed by atoms with van der Waals surface area (Å²) in [5.41, 5.74) is 0.972. The number of rotatable bonds is 7. The molecular formula is C18H24FN3O3S. The Balaban J connectivity index is 1.55. The van der Waals surface area contributed by atoms with Crippen molar-refractivity contribution in [2.45, 2.75) is 12.5 Å². The molecular weight excluding hydrogens is 357 g/mol. The maximum Gasteiger partial charge on any atom is 0.281 e. The van der Waals surface area contributed by atoms with Gasteiger partial charge in [0.05, 0.1) is 19.3 Å². The van der Waals surface area contributed by atoms with Gasteiger partial charge in [-0.1, -0.05) is 23.9 Å². The van der Waals surface area contributed by atoms with Crippen LogP contribution in [0.25, 0.3) is 0 Å². The van der Waals surface area contributed by atoms with Crippen LogP contribution in [0.3, 0.4) is 0 Å². The molecule has 142 valence electrons. The van der Waals surface area contributed by atoms with Gasteiger partial charge in [0.15, 0.2) is 0 Å². The molecule has 2 fully saturated rings. The molecule has 0 radical (unpaired) electrons. The van der Waals surface area contributed by atoms with E-state index in [1.54, 1.807) is 17.0 Å². The lowest BCUT2D eigenvalue weighted by Gasteiger charge is -2.35. The lowest BCUT2D eigenvalue weighted by Crippen LogP contribution is -2.44. The number of hydrogen-bond donors (Lipinski definition) is 1. The molecule has 0 saturated carbocycles. The summed E-state index contributed by atoms with van der Waals surface area (Å²) in [5.74, 6) is 0.450. The normalized spacial score (nSPS) is 19.6. The third kappa shape index (κ3) is 5.18. The van der Waals surface area contributed by atoms with Gasteiger partial charge in [0.25, 0.3) is 5.24 Å². The average molecular weight is 381 g/mol. The summed E-state index contributed by atoms with van der Waals surface area (Å²) >= 11 is 1.30. The molecule has 1 aromatic rings. The molecule has 0 spiro atoms. The molecule has 2 heterocycles. The second kappa shape index (κ2) is 9.34. The summed E-state index contributed by atoms with van der Waals surface area (Å²) in [6.45, 7) is 4.47. The molecule has 2 aliphatic rings. The first kappa shape index (κ1) is 19.1. The SMILES string of the molecule is O=C(CCN1CCSC1=O)NC[C@H](c1ccc(F)cc1)N1CCOCC1. The van der Waals surface area contributed by atoms with Crippen molar-refractivity contribution in [2.24, 2.45) is 0 Å². The number of carbonyl (C=O) groups is 2. The Labute approximate surface area is 157 Å². The summed E-state index contributed by atoms with van der Waals surface area (Å²) in [6.07, 6.45) is 0.297. The van der Waals surface area contributed by atoms with Crippen LogP contribution >= 0.6 is 11.8 Å². The minimum Gasteiger partial charge on any atom is -0.379 e. The molecule has 1 atom stereocenters. The van der Waals surface area contributed by atoms with E-state index < -0.39 is 0 Å². The minimum atomic E-state index is -0.272. The van der Waals surface area contributed by atoms with Gasteiger partial charge in [0.1, 0.15) is 5.82 Å². The summed E-state index contributed by atoms with van der Waals surface area (Å²) in [6, 6.07) is 6.40. The van der Waals surface area contributed by atoms with E-state index in [0.29, 0.717) is 39.3 Å². The number of thioether (sulfide) groups is 1. The highest BCUT2D eigenvalue weighted by Crippen LogP contribution is 2.22. The molecule has 8 heteroatoms. The van der Waals surface area contributed by atoms with Crippen molar-refractivity contribution in [1.82, 2.24) is 15.1 Å². The van der Waals surface area contributed by atoms with Crippen LogP contribution in [0.4, 0.5) is 9.18 Å². The van der Waals surface area contributed by atoms with Crippen molar-refractivity contribution in [3.05, 3.63) is 35.6 Å². The van der Waals surface area contributed by atoms with Crippen molar-refractivity contribution < 1.29 is 18.7 Å². The second-order valence-electron chi connectivity index (χ2n) is 6.37. The first-order valence-electron chi connectivity index (χ1n) is 8.89. The van der Waals surface area contributed by atoms with Crippen molar-refractivity contribution in [3.63, 3.8) is 0 Å². The fourth-order valence-corrected chi connectivity index (χ4v) is 4.05. The fraction of sp³-hybridized carbons (Fsp3) is 0.556. The number of nitrogens with zero attached hydrogens (tertiary/aromatic N) is 2. The van der Waals surface area contributed by atoms with Gasteiger partial charge in [0.2, 0.25) is 5.91 Å². The van der Waals surface area contributed by atoms with E-state index in [0.717, 1.165) is 24.4 Å². The van der Waals surface area contributed by atoms with Crippen LogP contribution in [0.5, 0.6) is 0 Å². The van der Waals surface area contributed by atoms with Gasteiger partial charge >= 0.3 is 0 Å². The lowest BCUT2D eigenvalue weighted by atomic mass is 10.0. The van der Waals surface area contributed by atoms with Crippen LogP contribution in [0.2, 0.25) is 0 Å². The highest BCUT2D eigenvalue weighted by atomic mass is 32.2. The van der Waals surface area contributed by atoms with E-state index in [1.807, 2.05) is 0 Å². The largest absolute Gasteiger partial charge is 0.379 e. The first-order chi connectivity index (χ1) is 12.6. The maximum atomic E-state index is 13.2. The molecule has 26 heavy (non-hydrogen) atoms. The maximum absolute atomic E-state index is 13.2. The molecule has 2 aliphatic heterocycles. The van der Waals surface area contributed by atoms with Crippen molar-refractivity contribution >= 4 is 22.9 Å². The number of ether oxygens (including phenoxy) is 1. The van der Waals surface area contributed by atoms with Crippen LogP contribution in [0.15, 0.2) is 24.3 Å². The molecule has 0 aromatic heterocycles.